The van der Waals surface area contributed by atoms with Gasteiger partial charge in [-0.15, -0.1) is 0 Å². The van der Waals surface area contributed by atoms with Gasteiger partial charge in [0.05, 0.1) is 12.4 Å². The summed E-state index contributed by atoms with van der Waals surface area (Å²) in [5, 5.41) is 14.2. The molecule has 0 atom stereocenters. The number of amides is 2. The molecule has 3 N–H and O–H groups in total. The fourth-order valence-electron chi connectivity index (χ4n) is 1.07. The maximum Gasteiger partial charge on any atom is 0.356 e. The standard InChI is InChI=1S/C10H15N5O3/c1-15(2)10(18)13-4-3-12-8-6-11-5-7(14-8)9(16)17/h5-6H,3-4H2,1-2H3,(H,12,14)(H,13,18)(H,16,17). The molecule has 1 heterocycles. The molecule has 8 heteroatoms. The Kier molecular flexibility index (Phi) is 4.85. The molecule has 0 radical (unpaired) electrons. The molecule has 0 aliphatic carbocycles. The van der Waals surface area contributed by atoms with Crippen LogP contribution >= 0.6 is 0 Å². The summed E-state index contributed by atoms with van der Waals surface area (Å²) in [5.74, 6) is -0.777. The Morgan fingerprint density at radius 1 is 1.33 bits per heavy atom. The summed E-state index contributed by atoms with van der Waals surface area (Å²) in [5.41, 5.74) is -0.127. The van der Waals surface area contributed by atoms with Crippen LogP contribution in [0.4, 0.5) is 10.6 Å². The minimum absolute atomic E-state index is 0.127. The molecule has 1 aromatic rings. The first-order chi connectivity index (χ1) is 8.50. The van der Waals surface area contributed by atoms with Crippen LogP contribution in [0.15, 0.2) is 12.4 Å². The number of nitrogens with zero attached hydrogens (tertiary/aromatic N) is 3. The topological polar surface area (TPSA) is 107 Å². The number of carboxylic acids is 1. The van der Waals surface area contributed by atoms with Crippen molar-refractivity contribution in [3.63, 3.8) is 0 Å². The third kappa shape index (κ3) is 4.24. The molecule has 1 rings (SSSR count). The highest BCUT2D eigenvalue weighted by Crippen LogP contribution is 2.01. The van der Waals surface area contributed by atoms with Crippen molar-refractivity contribution in [2.45, 2.75) is 0 Å². The van der Waals surface area contributed by atoms with Gasteiger partial charge in [0.2, 0.25) is 0 Å². The van der Waals surface area contributed by atoms with Gasteiger partial charge in [-0.3, -0.25) is 4.98 Å². The first-order valence-electron chi connectivity index (χ1n) is 5.25. The predicted octanol–water partition coefficient (Wildman–Crippen LogP) is -0.142. The summed E-state index contributed by atoms with van der Waals surface area (Å²) in [4.78, 5) is 30.8. The third-order valence-corrected chi connectivity index (χ3v) is 1.97. The molecular weight excluding hydrogens is 238 g/mol. The summed E-state index contributed by atoms with van der Waals surface area (Å²) < 4.78 is 0. The van der Waals surface area contributed by atoms with Crippen molar-refractivity contribution in [2.24, 2.45) is 0 Å². The van der Waals surface area contributed by atoms with E-state index in [0.717, 1.165) is 0 Å². The fourth-order valence-corrected chi connectivity index (χ4v) is 1.07. The van der Waals surface area contributed by atoms with E-state index in [9.17, 15) is 9.59 Å². The number of aromatic carboxylic acids is 1. The normalized spacial score (nSPS) is 9.67. The van der Waals surface area contributed by atoms with Gasteiger partial charge in [0.15, 0.2) is 5.69 Å². The Hall–Kier alpha value is -2.38. The highest BCUT2D eigenvalue weighted by molar-refractivity contribution is 5.85. The van der Waals surface area contributed by atoms with Gasteiger partial charge in [-0.2, -0.15) is 0 Å². The summed E-state index contributed by atoms with van der Waals surface area (Å²) in [6, 6.07) is -0.192. The Morgan fingerprint density at radius 2 is 2.06 bits per heavy atom. The Morgan fingerprint density at radius 3 is 2.67 bits per heavy atom. The number of urea groups is 1. The highest BCUT2D eigenvalue weighted by atomic mass is 16.4. The van der Waals surface area contributed by atoms with Gasteiger partial charge in [-0.05, 0) is 0 Å². The average Bonchev–Trinajstić information content (AvgIpc) is 2.34. The van der Waals surface area contributed by atoms with Crippen LogP contribution in [-0.4, -0.2) is 59.2 Å². The Labute approximate surface area is 104 Å². The van der Waals surface area contributed by atoms with Crippen LogP contribution in [0.2, 0.25) is 0 Å². The van der Waals surface area contributed by atoms with E-state index < -0.39 is 5.97 Å². The zero-order chi connectivity index (χ0) is 13.5. The zero-order valence-electron chi connectivity index (χ0n) is 10.2. The Bertz CT molecular complexity index is 435. The minimum Gasteiger partial charge on any atom is -0.476 e. The quantitative estimate of drug-likeness (QED) is 0.630. The zero-order valence-corrected chi connectivity index (χ0v) is 10.2. The molecule has 0 aromatic carbocycles. The van der Waals surface area contributed by atoms with Gasteiger partial charge in [0.1, 0.15) is 5.82 Å². The van der Waals surface area contributed by atoms with Crippen LogP contribution in [0.25, 0.3) is 0 Å². The van der Waals surface area contributed by atoms with E-state index in [1.54, 1.807) is 14.1 Å². The minimum atomic E-state index is -1.13. The molecule has 0 bridgehead atoms. The molecular formula is C10H15N5O3. The lowest BCUT2D eigenvalue weighted by atomic mass is 10.4. The lowest BCUT2D eigenvalue weighted by molar-refractivity contribution is 0.0690. The van der Waals surface area contributed by atoms with Gasteiger partial charge in [-0.1, -0.05) is 0 Å². The van der Waals surface area contributed by atoms with Crippen LogP contribution in [-0.2, 0) is 0 Å². The van der Waals surface area contributed by atoms with Crippen LogP contribution in [0.3, 0.4) is 0 Å². The largest absolute Gasteiger partial charge is 0.476 e. The van der Waals surface area contributed by atoms with E-state index in [2.05, 4.69) is 20.6 Å². The number of rotatable bonds is 5. The second kappa shape index (κ2) is 6.38. The number of aromatic nitrogens is 2. The number of anilines is 1. The number of hydrogen-bond acceptors (Lipinski definition) is 5. The number of hydrogen-bond donors (Lipinski definition) is 3. The molecule has 0 saturated carbocycles. The second-order valence-electron chi connectivity index (χ2n) is 3.65. The molecule has 8 nitrogen and oxygen atoms in total. The van der Waals surface area contributed by atoms with Gasteiger partial charge in [-0.25, -0.2) is 14.6 Å². The van der Waals surface area contributed by atoms with Crippen molar-refractivity contribution in [2.75, 3.05) is 32.5 Å². The van der Waals surface area contributed by atoms with Gasteiger partial charge < -0.3 is 20.6 Å². The summed E-state index contributed by atoms with van der Waals surface area (Å²) >= 11 is 0. The molecule has 0 saturated heterocycles. The van der Waals surface area contributed by atoms with Crippen molar-refractivity contribution < 1.29 is 14.7 Å². The average molecular weight is 253 g/mol. The number of nitrogens with one attached hydrogen (secondary N) is 2. The molecule has 0 unspecified atom stereocenters. The van der Waals surface area contributed by atoms with Crippen molar-refractivity contribution >= 4 is 17.8 Å². The highest BCUT2D eigenvalue weighted by Gasteiger charge is 2.06. The molecule has 2 amide bonds. The van der Waals surface area contributed by atoms with E-state index >= 15 is 0 Å². The van der Waals surface area contributed by atoms with Gasteiger partial charge in [0.25, 0.3) is 0 Å². The van der Waals surface area contributed by atoms with E-state index in [1.807, 2.05) is 0 Å². The first kappa shape index (κ1) is 13.7. The van der Waals surface area contributed by atoms with E-state index in [1.165, 1.54) is 17.3 Å². The van der Waals surface area contributed by atoms with Crippen LogP contribution in [0.5, 0.6) is 0 Å². The summed E-state index contributed by atoms with van der Waals surface area (Å²) in [6.45, 7) is 0.827. The molecule has 1 aromatic heterocycles. The van der Waals surface area contributed by atoms with E-state index in [-0.39, 0.29) is 11.7 Å². The van der Waals surface area contributed by atoms with E-state index in [4.69, 9.17) is 5.11 Å². The van der Waals surface area contributed by atoms with Crippen molar-refractivity contribution in [3.8, 4) is 0 Å². The second-order valence-corrected chi connectivity index (χ2v) is 3.65. The molecule has 0 fully saturated rings. The van der Waals surface area contributed by atoms with Crippen LogP contribution in [0.1, 0.15) is 10.5 Å². The van der Waals surface area contributed by atoms with Crippen LogP contribution < -0.4 is 10.6 Å². The van der Waals surface area contributed by atoms with Crippen LogP contribution in [0, 0.1) is 0 Å². The number of carboxylic acid groups (broad SMARTS) is 1. The smallest absolute Gasteiger partial charge is 0.356 e. The SMILES string of the molecule is CN(C)C(=O)NCCNc1cncc(C(=O)O)n1. The van der Waals surface area contributed by atoms with Crippen molar-refractivity contribution in [3.05, 3.63) is 18.1 Å². The molecule has 0 aliphatic heterocycles. The third-order valence-electron chi connectivity index (χ3n) is 1.97. The lowest BCUT2D eigenvalue weighted by Gasteiger charge is -2.12. The Balaban J connectivity index is 2.38. The monoisotopic (exact) mass is 253 g/mol. The maximum atomic E-state index is 11.2. The van der Waals surface area contributed by atoms with Crippen molar-refractivity contribution in [1.29, 1.82) is 0 Å². The van der Waals surface area contributed by atoms with Gasteiger partial charge in [0, 0.05) is 27.2 Å². The molecule has 0 spiro atoms. The number of carbonyl (C=O) groups excluding carboxylic acids is 1. The number of carbonyl (C=O) groups is 2. The maximum absolute atomic E-state index is 11.2. The summed E-state index contributed by atoms with van der Waals surface area (Å²) in [7, 11) is 3.29. The van der Waals surface area contributed by atoms with E-state index in [0.29, 0.717) is 18.9 Å². The lowest BCUT2D eigenvalue weighted by Crippen LogP contribution is -2.37. The predicted molar refractivity (Wildman–Crippen MR) is 64.6 cm³/mol. The fraction of sp³-hybridized carbons (Fsp3) is 0.400. The molecule has 0 aliphatic rings. The van der Waals surface area contributed by atoms with Gasteiger partial charge >= 0.3 is 12.0 Å². The molecule has 98 valence electrons. The summed E-state index contributed by atoms with van der Waals surface area (Å²) in [6.07, 6.45) is 2.58. The molecule has 18 heavy (non-hydrogen) atoms. The first-order valence-corrected chi connectivity index (χ1v) is 5.25. The van der Waals surface area contributed by atoms with Crippen molar-refractivity contribution in [1.82, 2.24) is 20.2 Å².